The fourth-order valence-electron chi connectivity index (χ4n) is 2.35. The molecule has 1 aliphatic carbocycles. The highest BCUT2D eigenvalue weighted by molar-refractivity contribution is 4.96. The summed E-state index contributed by atoms with van der Waals surface area (Å²) in [5, 5.41) is 0. The molecule has 2 unspecified atom stereocenters. The molecule has 2 N–H and O–H groups in total. The van der Waals surface area contributed by atoms with E-state index < -0.39 is 5.67 Å². The number of halogens is 1. The van der Waals surface area contributed by atoms with Crippen molar-refractivity contribution < 1.29 is 9.13 Å². The Bertz CT molecular complexity index is 190. The average molecular weight is 201 g/mol. The number of hydrogen-bond donors (Lipinski definition) is 1. The number of ether oxygens (including phenoxy) is 1. The molecule has 0 amide bonds. The summed E-state index contributed by atoms with van der Waals surface area (Å²) in [5.41, 5.74) is 4.43. The fourth-order valence-corrected chi connectivity index (χ4v) is 2.35. The van der Waals surface area contributed by atoms with E-state index in [1.54, 1.807) is 0 Å². The molecule has 1 saturated carbocycles. The van der Waals surface area contributed by atoms with Crippen LogP contribution in [0.15, 0.2) is 0 Å². The van der Waals surface area contributed by atoms with Gasteiger partial charge in [-0.25, -0.2) is 4.39 Å². The van der Waals surface area contributed by atoms with Crippen molar-refractivity contribution in [1.82, 2.24) is 0 Å². The molecule has 2 fully saturated rings. The van der Waals surface area contributed by atoms with Gasteiger partial charge in [-0.1, -0.05) is 0 Å². The second kappa shape index (κ2) is 4.15. The lowest BCUT2D eigenvalue weighted by molar-refractivity contribution is 0.0662. The van der Waals surface area contributed by atoms with Crippen LogP contribution in [0.1, 0.15) is 38.5 Å². The Morgan fingerprint density at radius 3 is 2.64 bits per heavy atom. The molecule has 0 bridgehead atoms. The molecule has 0 spiro atoms. The van der Waals surface area contributed by atoms with Gasteiger partial charge < -0.3 is 10.5 Å². The predicted octanol–water partition coefficient (Wildman–Crippen LogP) is 2.02. The Hall–Kier alpha value is -0.150. The maximum Gasteiger partial charge on any atom is 0.126 e. The van der Waals surface area contributed by atoms with Crippen molar-refractivity contribution in [2.75, 3.05) is 13.2 Å². The van der Waals surface area contributed by atoms with Gasteiger partial charge in [0, 0.05) is 13.2 Å². The van der Waals surface area contributed by atoms with E-state index >= 15 is 0 Å². The third-order valence-electron chi connectivity index (χ3n) is 3.55. The molecule has 3 heteroatoms. The minimum atomic E-state index is -1.09. The highest BCUT2D eigenvalue weighted by atomic mass is 19.1. The number of hydrogen-bond acceptors (Lipinski definition) is 2. The van der Waals surface area contributed by atoms with Gasteiger partial charge in [0.25, 0.3) is 0 Å². The lowest BCUT2D eigenvalue weighted by Crippen LogP contribution is -2.36. The van der Waals surface area contributed by atoms with E-state index in [4.69, 9.17) is 10.5 Å². The number of nitrogens with two attached hydrogens (primary N) is 1. The first kappa shape index (κ1) is 10.4. The molecule has 1 saturated heterocycles. The van der Waals surface area contributed by atoms with Crippen molar-refractivity contribution >= 4 is 0 Å². The molecule has 1 aliphatic heterocycles. The first-order valence-electron chi connectivity index (χ1n) is 5.75. The summed E-state index contributed by atoms with van der Waals surface area (Å²) in [4.78, 5) is 0. The van der Waals surface area contributed by atoms with E-state index in [-0.39, 0.29) is 12.5 Å². The van der Waals surface area contributed by atoms with Crippen LogP contribution in [0.2, 0.25) is 0 Å². The van der Waals surface area contributed by atoms with E-state index in [0.717, 1.165) is 38.7 Å². The zero-order chi connectivity index (χ0) is 10.0. The molecule has 2 aliphatic rings. The summed E-state index contributed by atoms with van der Waals surface area (Å²) in [6.07, 6.45) is 6.04. The zero-order valence-electron chi connectivity index (χ0n) is 8.68. The lowest BCUT2D eigenvalue weighted by Gasteiger charge is -2.24. The molecular formula is C11H20FNO. The normalized spacial score (nSPS) is 31.7. The van der Waals surface area contributed by atoms with Crippen molar-refractivity contribution in [3.05, 3.63) is 0 Å². The molecule has 0 aromatic carbocycles. The zero-order valence-corrected chi connectivity index (χ0v) is 8.68. The standard InChI is InChI=1S/C11H20FNO/c12-11(8-13,9-3-4-9)6-5-10-2-1-7-14-10/h9-10H,1-8,13H2. The molecule has 82 valence electrons. The second-order valence-electron chi connectivity index (χ2n) is 4.69. The quantitative estimate of drug-likeness (QED) is 0.738. The van der Waals surface area contributed by atoms with Gasteiger partial charge in [-0.05, 0) is 44.4 Å². The van der Waals surface area contributed by atoms with Crippen molar-refractivity contribution in [1.29, 1.82) is 0 Å². The first-order chi connectivity index (χ1) is 6.74. The second-order valence-corrected chi connectivity index (χ2v) is 4.69. The highest BCUT2D eigenvalue weighted by Gasteiger charge is 2.44. The van der Waals surface area contributed by atoms with Crippen LogP contribution in [0, 0.1) is 5.92 Å². The predicted molar refractivity (Wildman–Crippen MR) is 53.8 cm³/mol. The maximum atomic E-state index is 14.2. The summed E-state index contributed by atoms with van der Waals surface area (Å²) in [6, 6.07) is 0. The lowest BCUT2D eigenvalue weighted by atomic mass is 9.92. The summed E-state index contributed by atoms with van der Waals surface area (Å²) >= 11 is 0. The molecule has 0 radical (unpaired) electrons. The van der Waals surface area contributed by atoms with Crippen LogP contribution in [0.3, 0.4) is 0 Å². The van der Waals surface area contributed by atoms with E-state index in [2.05, 4.69) is 0 Å². The Balaban J connectivity index is 1.76. The molecule has 2 atom stereocenters. The van der Waals surface area contributed by atoms with Crippen LogP contribution in [0.25, 0.3) is 0 Å². The van der Waals surface area contributed by atoms with Gasteiger partial charge in [0.2, 0.25) is 0 Å². The topological polar surface area (TPSA) is 35.2 Å². The van der Waals surface area contributed by atoms with Gasteiger partial charge in [0.15, 0.2) is 0 Å². The van der Waals surface area contributed by atoms with Crippen LogP contribution in [-0.4, -0.2) is 24.9 Å². The molecule has 0 aromatic rings. The average Bonchev–Trinajstić information content (AvgIpc) is 2.94. The van der Waals surface area contributed by atoms with E-state index in [0.29, 0.717) is 12.5 Å². The Morgan fingerprint density at radius 2 is 2.14 bits per heavy atom. The summed E-state index contributed by atoms with van der Waals surface area (Å²) in [6.45, 7) is 1.04. The summed E-state index contributed by atoms with van der Waals surface area (Å²) in [7, 11) is 0. The number of alkyl halides is 1. The fraction of sp³-hybridized carbons (Fsp3) is 1.00. The van der Waals surface area contributed by atoms with Crippen LogP contribution in [0.5, 0.6) is 0 Å². The van der Waals surface area contributed by atoms with Crippen LogP contribution in [-0.2, 0) is 4.74 Å². The third-order valence-corrected chi connectivity index (χ3v) is 3.55. The molecule has 2 nitrogen and oxygen atoms in total. The first-order valence-corrected chi connectivity index (χ1v) is 5.75. The largest absolute Gasteiger partial charge is 0.378 e. The highest BCUT2D eigenvalue weighted by Crippen LogP contribution is 2.44. The van der Waals surface area contributed by atoms with Gasteiger partial charge in [-0.2, -0.15) is 0 Å². The third kappa shape index (κ3) is 2.26. The van der Waals surface area contributed by atoms with Crippen LogP contribution < -0.4 is 5.73 Å². The Labute approximate surface area is 85.0 Å². The molecule has 14 heavy (non-hydrogen) atoms. The van der Waals surface area contributed by atoms with Crippen molar-refractivity contribution in [2.24, 2.45) is 11.7 Å². The molecule has 2 rings (SSSR count). The monoisotopic (exact) mass is 201 g/mol. The van der Waals surface area contributed by atoms with E-state index in [1.165, 1.54) is 0 Å². The molecule has 1 heterocycles. The SMILES string of the molecule is NCC(F)(CCC1CCCO1)C1CC1. The van der Waals surface area contributed by atoms with Crippen molar-refractivity contribution in [2.45, 2.75) is 50.3 Å². The van der Waals surface area contributed by atoms with Gasteiger partial charge >= 0.3 is 0 Å². The van der Waals surface area contributed by atoms with Crippen LogP contribution in [0.4, 0.5) is 4.39 Å². The van der Waals surface area contributed by atoms with Gasteiger partial charge in [0.05, 0.1) is 6.10 Å². The maximum absolute atomic E-state index is 14.2. The minimum absolute atomic E-state index is 0.185. The van der Waals surface area contributed by atoms with Crippen molar-refractivity contribution in [3.8, 4) is 0 Å². The summed E-state index contributed by atoms with van der Waals surface area (Å²) in [5.74, 6) is 0.244. The molecular weight excluding hydrogens is 181 g/mol. The Morgan fingerprint density at radius 1 is 1.36 bits per heavy atom. The van der Waals surface area contributed by atoms with Crippen molar-refractivity contribution in [3.63, 3.8) is 0 Å². The van der Waals surface area contributed by atoms with Gasteiger partial charge in [-0.15, -0.1) is 0 Å². The summed E-state index contributed by atoms with van der Waals surface area (Å²) < 4.78 is 19.7. The smallest absolute Gasteiger partial charge is 0.126 e. The number of rotatable bonds is 5. The van der Waals surface area contributed by atoms with Gasteiger partial charge in [-0.3, -0.25) is 0 Å². The van der Waals surface area contributed by atoms with E-state index in [1.807, 2.05) is 0 Å². The van der Waals surface area contributed by atoms with E-state index in [9.17, 15) is 4.39 Å². The Kier molecular flexibility index (Phi) is 3.07. The van der Waals surface area contributed by atoms with Gasteiger partial charge in [0.1, 0.15) is 5.67 Å². The molecule has 0 aromatic heterocycles. The minimum Gasteiger partial charge on any atom is -0.378 e. The van der Waals surface area contributed by atoms with Crippen LogP contribution >= 0.6 is 0 Å².